The third-order valence-electron chi connectivity index (χ3n) is 8.94. The second-order valence-electron chi connectivity index (χ2n) is 11.3. The molecule has 1 fully saturated rings. The Morgan fingerprint density at radius 3 is 2.32 bits per heavy atom. The molecule has 0 bridgehead atoms. The molecule has 3 heterocycles. The number of rotatable bonds is 7. The number of piperazine rings is 1. The SMILES string of the molecule is CCOc1ccccc1C1(N2CCN(c3ccncc3)CC2)C(=O)N(S(=O)(=O)c2ccc(Cl)c3ccccc23)c2ccc(C#N)cc21. The van der Waals surface area contributed by atoms with Crippen LogP contribution in [-0.2, 0) is 20.4 Å². The highest BCUT2D eigenvalue weighted by molar-refractivity contribution is 7.93. The molecule has 9 nitrogen and oxygen atoms in total. The number of fused-ring (bicyclic) bond motifs is 2. The number of anilines is 2. The molecular weight excluding hydrogens is 634 g/mol. The number of para-hydroxylation sites is 1. The van der Waals surface area contributed by atoms with Gasteiger partial charge in [-0.3, -0.25) is 14.7 Å². The minimum Gasteiger partial charge on any atom is -0.493 e. The maximum absolute atomic E-state index is 15.4. The molecule has 2 aliphatic rings. The Morgan fingerprint density at radius 2 is 1.60 bits per heavy atom. The van der Waals surface area contributed by atoms with Crippen LogP contribution in [0, 0.1) is 11.3 Å². The van der Waals surface area contributed by atoms with Gasteiger partial charge in [-0.15, -0.1) is 0 Å². The number of benzene rings is 4. The first-order valence-corrected chi connectivity index (χ1v) is 17.1. The van der Waals surface area contributed by atoms with Gasteiger partial charge >= 0.3 is 0 Å². The number of carbonyl (C=O) groups excluding carboxylic acids is 1. The van der Waals surface area contributed by atoms with Gasteiger partial charge in [-0.05, 0) is 55.5 Å². The highest BCUT2D eigenvalue weighted by Gasteiger charge is 2.60. The fourth-order valence-corrected chi connectivity index (χ4v) is 8.77. The molecule has 47 heavy (non-hydrogen) atoms. The lowest BCUT2D eigenvalue weighted by atomic mass is 9.80. The predicted octanol–water partition coefficient (Wildman–Crippen LogP) is 5.96. The van der Waals surface area contributed by atoms with Crippen LogP contribution in [-0.4, -0.2) is 57.0 Å². The van der Waals surface area contributed by atoms with E-state index >= 15 is 4.79 Å². The van der Waals surface area contributed by atoms with Gasteiger partial charge in [-0.2, -0.15) is 5.26 Å². The van der Waals surface area contributed by atoms with E-state index in [9.17, 15) is 13.7 Å². The molecule has 0 aliphatic carbocycles. The molecule has 11 heteroatoms. The standard InChI is InChI=1S/C36H30ClN5O4S/c1-2-46-33-10-6-5-9-29(33)36(41-21-19-40(20-22-41)26-15-17-39-18-16-26)30-23-25(24-38)11-13-32(30)42(35(36)43)47(44,45)34-14-12-31(37)27-7-3-4-8-28(27)34/h3-18,23H,2,19-22H2,1H3. The van der Waals surface area contributed by atoms with Gasteiger partial charge in [0.05, 0.1) is 28.8 Å². The number of hydrogen-bond donors (Lipinski definition) is 0. The summed E-state index contributed by atoms with van der Waals surface area (Å²) in [5.41, 5.74) is 0.810. The Hall–Kier alpha value is -4.95. The minimum atomic E-state index is -4.50. The van der Waals surface area contributed by atoms with E-state index in [-0.39, 0.29) is 10.6 Å². The summed E-state index contributed by atoms with van der Waals surface area (Å²) < 4.78 is 36.8. The average Bonchev–Trinajstić information content (AvgIpc) is 3.37. The Kier molecular flexibility index (Phi) is 7.84. The van der Waals surface area contributed by atoms with Crippen LogP contribution in [0.1, 0.15) is 23.6 Å². The van der Waals surface area contributed by atoms with Crippen molar-refractivity contribution in [1.29, 1.82) is 5.26 Å². The summed E-state index contributed by atoms with van der Waals surface area (Å²) in [6.07, 6.45) is 3.48. The zero-order valence-electron chi connectivity index (χ0n) is 25.5. The van der Waals surface area contributed by atoms with Crippen LogP contribution >= 0.6 is 11.6 Å². The van der Waals surface area contributed by atoms with Gasteiger partial charge in [0.15, 0.2) is 5.54 Å². The molecule has 1 unspecified atom stereocenters. The van der Waals surface area contributed by atoms with Crippen molar-refractivity contribution in [2.24, 2.45) is 0 Å². The number of hydrogen-bond acceptors (Lipinski definition) is 8. The number of nitrogens with zero attached hydrogens (tertiary/aromatic N) is 5. The Labute approximate surface area is 278 Å². The topological polar surface area (TPSA) is 107 Å². The van der Waals surface area contributed by atoms with Crippen LogP contribution in [0.5, 0.6) is 5.75 Å². The second-order valence-corrected chi connectivity index (χ2v) is 13.5. The van der Waals surface area contributed by atoms with Crippen LogP contribution in [0.15, 0.2) is 108 Å². The summed E-state index contributed by atoms with van der Waals surface area (Å²) in [6, 6.07) is 28.0. The summed E-state index contributed by atoms with van der Waals surface area (Å²) in [5.74, 6) is -0.199. The molecule has 7 rings (SSSR count). The van der Waals surface area contributed by atoms with Crippen LogP contribution < -0.4 is 13.9 Å². The lowest BCUT2D eigenvalue weighted by Crippen LogP contribution is -2.60. The van der Waals surface area contributed by atoms with Crippen LogP contribution in [0.4, 0.5) is 11.4 Å². The van der Waals surface area contributed by atoms with E-state index in [1.54, 1.807) is 60.9 Å². The zero-order valence-corrected chi connectivity index (χ0v) is 27.1. The number of amides is 1. The fourth-order valence-electron chi connectivity index (χ4n) is 6.88. The lowest BCUT2D eigenvalue weighted by molar-refractivity contribution is -0.127. The number of pyridine rings is 1. The molecule has 5 aromatic rings. The molecule has 1 atom stereocenters. The van der Waals surface area contributed by atoms with Crippen LogP contribution in [0.25, 0.3) is 10.8 Å². The predicted molar refractivity (Wildman–Crippen MR) is 181 cm³/mol. The van der Waals surface area contributed by atoms with Gasteiger partial charge in [0.2, 0.25) is 0 Å². The molecular formula is C36H30ClN5O4S. The highest BCUT2D eigenvalue weighted by Crippen LogP contribution is 2.53. The van der Waals surface area contributed by atoms with E-state index in [2.05, 4.69) is 16.0 Å². The Bertz CT molecular complexity index is 2160. The number of sulfonamides is 1. The molecule has 2 aliphatic heterocycles. The molecule has 236 valence electrons. The number of carbonyl (C=O) groups is 1. The quantitative estimate of drug-likeness (QED) is 0.210. The maximum Gasteiger partial charge on any atom is 0.271 e. The van der Waals surface area contributed by atoms with Gasteiger partial charge in [0.25, 0.3) is 15.9 Å². The van der Waals surface area contributed by atoms with Crippen molar-refractivity contribution in [3.05, 3.63) is 125 Å². The third kappa shape index (κ3) is 4.81. The fraction of sp³-hybridized carbons (Fsp3) is 0.194. The Morgan fingerprint density at radius 1 is 0.894 bits per heavy atom. The molecule has 1 amide bonds. The number of ether oxygens (including phenoxy) is 1. The van der Waals surface area contributed by atoms with Gasteiger partial charge < -0.3 is 9.64 Å². The van der Waals surface area contributed by atoms with Gasteiger partial charge in [0.1, 0.15) is 5.75 Å². The van der Waals surface area contributed by atoms with Crippen molar-refractivity contribution >= 4 is 49.7 Å². The van der Waals surface area contributed by atoms with Crippen molar-refractivity contribution in [1.82, 2.24) is 9.88 Å². The number of nitriles is 1. The smallest absolute Gasteiger partial charge is 0.271 e. The van der Waals surface area contributed by atoms with E-state index in [1.807, 2.05) is 42.2 Å². The first kappa shape index (κ1) is 30.7. The van der Waals surface area contributed by atoms with Gasteiger partial charge in [0, 0.05) is 71.2 Å². The van der Waals surface area contributed by atoms with Crippen LogP contribution in [0.2, 0.25) is 5.02 Å². The molecule has 1 aromatic heterocycles. The van der Waals surface area contributed by atoms with E-state index in [1.165, 1.54) is 12.1 Å². The zero-order chi connectivity index (χ0) is 32.8. The third-order valence-corrected chi connectivity index (χ3v) is 11.0. The maximum atomic E-state index is 15.4. The monoisotopic (exact) mass is 663 g/mol. The number of aromatic nitrogens is 1. The summed E-state index contributed by atoms with van der Waals surface area (Å²) in [6.45, 7) is 4.17. The van der Waals surface area contributed by atoms with Crippen molar-refractivity contribution in [3.8, 4) is 11.8 Å². The molecule has 0 saturated carbocycles. The summed E-state index contributed by atoms with van der Waals surface area (Å²) >= 11 is 6.48. The van der Waals surface area contributed by atoms with Gasteiger partial charge in [-0.1, -0.05) is 54.1 Å². The summed E-state index contributed by atoms with van der Waals surface area (Å²) in [5, 5.41) is 11.4. The normalized spacial score (nSPS) is 18.3. The summed E-state index contributed by atoms with van der Waals surface area (Å²) in [7, 11) is -4.50. The van der Waals surface area contributed by atoms with E-state index in [0.717, 1.165) is 9.99 Å². The molecule has 1 saturated heterocycles. The first-order valence-electron chi connectivity index (χ1n) is 15.3. The molecule has 0 spiro atoms. The first-order chi connectivity index (χ1) is 22.8. The van der Waals surface area contributed by atoms with Crippen molar-refractivity contribution in [2.45, 2.75) is 17.4 Å². The lowest BCUT2D eigenvalue weighted by Gasteiger charge is -2.46. The van der Waals surface area contributed by atoms with Crippen molar-refractivity contribution in [3.63, 3.8) is 0 Å². The largest absolute Gasteiger partial charge is 0.493 e. The minimum absolute atomic E-state index is 0.0439. The molecule has 0 radical (unpaired) electrons. The van der Waals surface area contributed by atoms with E-state index < -0.39 is 21.5 Å². The molecule has 0 N–H and O–H groups in total. The number of halogens is 1. The average molecular weight is 664 g/mol. The second kappa shape index (κ2) is 12.0. The van der Waals surface area contributed by atoms with E-state index in [4.69, 9.17) is 16.3 Å². The summed E-state index contributed by atoms with van der Waals surface area (Å²) in [4.78, 5) is 23.8. The molecule has 4 aromatic carbocycles. The highest BCUT2D eigenvalue weighted by atomic mass is 35.5. The Balaban J connectivity index is 1.46. The van der Waals surface area contributed by atoms with E-state index in [0.29, 0.717) is 71.0 Å². The van der Waals surface area contributed by atoms with Crippen molar-refractivity contribution in [2.75, 3.05) is 42.0 Å². The van der Waals surface area contributed by atoms with Crippen LogP contribution in [0.3, 0.4) is 0 Å². The van der Waals surface area contributed by atoms with Crippen molar-refractivity contribution < 1.29 is 17.9 Å². The van der Waals surface area contributed by atoms with Gasteiger partial charge in [-0.25, -0.2) is 12.7 Å².